The molecule has 0 aliphatic carbocycles. The third-order valence-electron chi connectivity index (χ3n) is 4.79. The van der Waals surface area contributed by atoms with E-state index in [9.17, 15) is 0 Å². The van der Waals surface area contributed by atoms with E-state index in [0.717, 1.165) is 64.8 Å². The van der Waals surface area contributed by atoms with Gasteiger partial charge in [0.05, 0.1) is 24.6 Å². The molecular weight excluding hydrogens is 404 g/mol. The fourth-order valence-electron chi connectivity index (χ4n) is 3.37. The van der Waals surface area contributed by atoms with Crippen molar-refractivity contribution in [3.8, 4) is 22.2 Å². The fraction of sp³-hybridized carbons (Fsp3) is 0.286. The first-order chi connectivity index (χ1) is 14.4. The predicted molar refractivity (Wildman–Crippen MR) is 114 cm³/mol. The zero-order valence-corrected chi connectivity index (χ0v) is 17.4. The SMILES string of the molecule is c1ccc(-c2nc(CSc3nnc(-c4ccco4)n3CC3CCCO3)cs2)cc1. The second-order valence-corrected chi connectivity index (χ2v) is 8.63. The Morgan fingerprint density at radius 1 is 1.14 bits per heavy atom. The van der Waals surface area contributed by atoms with Crippen molar-refractivity contribution in [2.45, 2.75) is 36.4 Å². The topological polar surface area (TPSA) is 66.0 Å². The molecule has 6 nitrogen and oxygen atoms in total. The van der Waals surface area contributed by atoms with Gasteiger partial charge in [0.2, 0.25) is 5.82 Å². The molecule has 1 aromatic carbocycles. The van der Waals surface area contributed by atoms with E-state index in [-0.39, 0.29) is 6.10 Å². The van der Waals surface area contributed by atoms with Gasteiger partial charge in [-0.05, 0) is 25.0 Å². The average Bonchev–Trinajstić information content (AvgIpc) is 3.54. The van der Waals surface area contributed by atoms with Crippen molar-refractivity contribution >= 4 is 23.1 Å². The lowest BCUT2D eigenvalue weighted by molar-refractivity contribution is 0.0952. The molecule has 1 atom stereocenters. The van der Waals surface area contributed by atoms with Crippen LogP contribution in [0.15, 0.2) is 63.7 Å². The summed E-state index contributed by atoms with van der Waals surface area (Å²) in [7, 11) is 0. The standard InChI is InChI=1S/C21H20N4O2S2/c1-2-6-15(7-3-1)20-22-16(13-28-20)14-29-21-24-23-19(18-9-5-11-27-18)25(21)12-17-8-4-10-26-17/h1-3,5-7,9,11,13,17H,4,8,10,12,14H2. The van der Waals surface area contributed by atoms with Crippen LogP contribution in [0.3, 0.4) is 0 Å². The first kappa shape index (κ1) is 18.6. The Hall–Kier alpha value is -2.42. The van der Waals surface area contributed by atoms with E-state index in [4.69, 9.17) is 14.1 Å². The molecule has 0 spiro atoms. The monoisotopic (exact) mass is 424 g/mol. The van der Waals surface area contributed by atoms with Crippen LogP contribution in [-0.4, -0.2) is 32.5 Å². The number of hydrogen-bond donors (Lipinski definition) is 0. The van der Waals surface area contributed by atoms with Crippen molar-refractivity contribution in [3.05, 3.63) is 59.8 Å². The van der Waals surface area contributed by atoms with Crippen LogP contribution in [0.5, 0.6) is 0 Å². The second-order valence-electron chi connectivity index (χ2n) is 6.83. The number of ether oxygens (including phenoxy) is 1. The number of benzene rings is 1. The van der Waals surface area contributed by atoms with Crippen LogP contribution < -0.4 is 0 Å². The van der Waals surface area contributed by atoms with Gasteiger partial charge in [-0.2, -0.15) is 0 Å². The van der Waals surface area contributed by atoms with E-state index in [2.05, 4.69) is 32.3 Å². The molecule has 1 saturated heterocycles. The third-order valence-corrected chi connectivity index (χ3v) is 6.73. The zero-order valence-electron chi connectivity index (χ0n) is 15.7. The molecule has 0 N–H and O–H groups in total. The normalized spacial score (nSPS) is 16.5. The number of nitrogens with zero attached hydrogens (tertiary/aromatic N) is 4. The minimum atomic E-state index is 0.197. The highest BCUT2D eigenvalue weighted by Crippen LogP contribution is 2.30. The van der Waals surface area contributed by atoms with Crippen molar-refractivity contribution in [3.63, 3.8) is 0 Å². The lowest BCUT2D eigenvalue weighted by Crippen LogP contribution is -2.16. The summed E-state index contributed by atoms with van der Waals surface area (Å²) in [5.74, 6) is 2.21. The van der Waals surface area contributed by atoms with E-state index in [0.29, 0.717) is 0 Å². The number of aromatic nitrogens is 4. The average molecular weight is 425 g/mol. The Bertz CT molecular complexity index is 1050. The van der Waals surface area contributed by atoms with Crippen LogP contribution in [-0.2, 0) is 17.0 Å². The van der Waals surface area contributed by atoms with Gasteiger partial charge in [0.1, 0.15) is 5.01 Å². The molecule has 8 heteroatoms. The molecule has 1 fully saturated rings. The molecule has 1 aliphatic rings. The minimum Gasteiger partial charge on any atom is -0.461 e. The van der Waals surface area contributed by atoms with Crippen molar-refractivity contribution in [1.82, 2.24) is 19.7 Å². The summed E-state index contributed by atoms with van der Waals surface area (Å²) in [5, 5.41) is 12.8. The summed E-state index contributed by atoms with van der Waals surface area (Å²) in [4.78, 5) is 4.78. The summed E-state index contributed by atoms with van der Waals surface area (Å²) < 4.78 is 13.5. The summed E-state index contributed by atoms with van der Waals surface area (Å²) in [6.07, 6.45) is 4.02. The minimum absolute atomic E-state index is 0.197. The smallest absolute Gasteiger partial charge is 0.200 e. The molecule has 1 unspecified atom stereocenters. The molecule has 5 rings (SSSR count). The Morgan fingerprint density at radius 3 is 2.86 bits per heavy atom. The van der Waals surface area contributed by atoms with Gasteiger partial charge >= 0.3 is 0 Å². The van der Waals surface area contributed by atoms with Crippen LogP contribution in [0.25, 0.3) is 22.2 Å². The van der Waals surface area contributed by atoms with Crippen molar-refractivity contribution in [2.75, 3.05) is 6.61 Å². The van der Waals surface area contributed by atoms with Gasteiger partial charge in [0.25, 0.3) is 0 Å². The van der Waals surface area contributed by atoms with Crippen LogP contribution in [0.1, 0.15) is 18.5 Å². The molecular formula is C21H20N4O2S2. The van der Waals surface area contributed by atoms with Crippen molar-refractivity contribution in [1.29, 1.82) is 0 Å². The lowest BCUT2D eigenvalue weighted by atomic mass is 10.2. The van der Waals surface area contributed by atoms with E-state index < -0.39 is 0 Å². The van der Waals surface area contributed by atoms with E-state index >= 15 is 0 Å². The second kappa shape index (κ2) is 8.52. The number of thiazole rings is 1. The molecule has 1 aliphatic heterocycles. The summed E-state index contributed by atoms with van der Waals surface area (Å²) in [6.45, 7) is 1.56. The maximum absolute atomic E-state index is 5.84. The molecule has 4 heterocycles. The zero-order chi connectivity index (χ0) is 19.5. The van der Waals surface area contributed by atoms with E-state index in [1.54, 1.807) is 29.4 Å². The molecule has 0 saturated carbocycles. The van der Waals surface area contributed by atoms with Gasteiger partial charge in [-0.25, -0.2) is 4.98 Å². The van der Waals surface area contributed by atoms with Crippen LogP contribution in [0, 0.1) is 0 Å². The Kier molecular flexibility index (Phi) is 5.47. The number of hydrogen-bond acceptors (Lipinski definition) is 7. The maximum atomic E-state index is 5.84. The lowest BCUT2D eigenvalue weighted by Gasteiger charge is -2.13. The van der Waals surface area contributed by atoms with Gasteiger partial charge in [-0.3, -0.25) is 4.57 Å². The molecule has 0 bridgehead atoms. The van der Waals surface area contributed by atoms with Gasteiger partial charge in [-0.1, -0.05) is 42.1 Å². The maximum Gasteiger partial charge on any atom is 0.200 e. The van der Waals surface area contributed by atoms with E-state index in [1.807, 2.05) is 30.3 Å². The first-order valence-electron chi connectivity index (χ1n) is 9.58. The highest BCUT2D eigenvalue weighted by Gasteiger charge is 2.23. The highest BCUT2D eigenvalue weighted by molar-refractivity contribution is 7.98. The number of thioether (sulfide) groups is 1. The third kappa shape index (κ3) is 4.14. The number of rotatable bonds is 7. The van der Waals surface area contributed by atoms with Crippen molar-refractivity contribution in [2.24, 2.45) is 0 Å². The highest BCUT2D eigenvalue weighted by atomic mass is 32.2. The Balaban J connectivity index is 1.35. The fourth-order valence-corrected chi connectivity index (χ4v) is 5.14. The van der Waals surface area contributed by atoms with Crippen LogP contribution in [0.4, 0.5) is 0 Å². The molecule has 0 amide bonds. The van der Waals surface area contributed by atoms with Crippen LogP contribution in [0.2, 0.25) is 0 Å². The number of furan rings is 1. The summed E-state index contributed by atoms with van der Waals surface area (Å²) in [6, 6.07) is 14.0. The molecule has 3 aromatic heterocycles. The van der Waals surface area contributed by atoms with Gasteiger partial charge < -0.3 is 9.15 Å². The van der Waals surface area contributed by atoms with Gasteiger partial charge in [-0.15, -0.1) is 21.5 Å². The summed E-state index contributed by atoms with van der Waals surface area (Å²) >= 11 is 3.32. The van der Waals surface area contributed by atoms with Gasteiger partial charge in [0, 0.05) is 23.3 Å². The first-order valence-corrected chi connectivity index (χ1v) is 11.4. The predicted octanol–water partition coefficient (Wildman–Crippen LogP) is 5.13. The van der Waals surface area contributed by atoms with E-state index in [1.165, 1.54) is 0 Å². The van der Waals surface area contributed by atoms with Crippen LogP contribution >= 0.6 is 23.1 Å². The molecule has 0 radical (unpaired) electrons. The molecule has 148 valence electrons. The molecule has 29 heavy (non-hydrogen) atoms. The molecule has 4 aromatic rings. The van der Waals surface area contributed by atoms with Gasteiger partial charge in [0.15, 0.2) is 10.9 Å². The quantitative estimate of drug-likeness (QED) is 0.383. The Labute approximate surface area is 177 Å². The Morgan fingerprint density at radius 2 is 2.07 bits per heavy atom. The van der Waals surface area contributed by atoms with Crippen molar-refractivity contribution < 1.29 is 9.15 Å². The summed E-state index contributed by atoms with van der Waals surface area (Å²) in [5.41, 5.74) is 2.19. The largest absolute Gasteiger partial charge is 0.461 e.